The van der Waals surface area contributed by atoms with Crippen LogP contribution in [0, 0.1) is 13.8 Å². The van der Waals surface area contributed by atoms with Gasteiger partial charge in [0.2, 0.25) is 0 Å². The third-order valence-corrected chi connectivity index (χ3v) is 4.86. The second-order valence-corrected chi connectivity index (χ2v) is 6.45. The number of benzene rings is 2. The maximum Gasteiger partial charge on any atom is 0.255 e. The molecule has 0 unspecified atom stereocenters. The van der Waals surface area contributed by atoms with Gasteiger partial charge in [-0.25, -0.2) is 0 Å². The number of nitrogens with zero attached hydrogens (tertiary/aromatic N) is 1. The first kappa shape index (κ1) is 18.7. The van der Waals surface area contributed by atoms with Crippen molar-refractivity contribution < 1.29 is 14.3 Å². The molecule has 0 atom stereocenters. The number of para-hydroxylation sites is 1. The van der Waals surface area contributed by atoms with Crippen molar-refractivity contribution in [2.75, 3.05) is 19.0 Å². The van der Waals surface area contributed by atoms with Gasteiger partial charge in [0.05, 0.1) is 17.9 Å². The number of aromatic nitrogens is 1. The van der Waals surface area contributed by atoms with Crippen LogP contribution in [0.3, 0.4) is 0 Å². The number of aryl methyl sites for hydroxylation is 1. The highest BCUT2D eigenvalue weighted by atomic mass is 16.5. The lowest BCUT2D eigenvalue weighted by atomic mass is 10.1. The number of rotatable bonds is 6. The maximum absolute atomic E-state index is 12.7. The Bertz CT molecular complexity index is 1020. The molecule has 0 radical (unpaired) electrons. The number of fused-ring (bicyclic) bond motifs is 1. The van der Waals surface area contributed by atoms with Crippen molar-refractivity contribution in [2.24, 2.45) is 5.73 Å². The van der Waals surface area contributed by atoms with E-state index in [4.69, 9.17) is 10.5 Å². The van der Waals surface area contributed by atoms with Crippen LogP contribution in [0.4, 0.5) is 5.69 Å². The van der Waals surface area contributed by atoms with Gasteiger partial charge in [-0.1, -0.05) is 12.1 Å². The summed E-state index contributed by atoms with van der Waals surface area (Å²) in [6.07, 6.45) is 0. The van der Waals surface area contributed by atoms with Crippen LogP contribution in [0.15, 0.2) is 42.5 Å². The van der Waals surface area contributed by atoms with Crippen molar-refractivity contribution in [2.45, 2.75) is 20.4 Å². The molecule has 6 heteroatoms. The van der Waals surface area contributed by atoms with E-state index in [1.165, 1.54) is 0 Å². The standard InChI is InChI=1S/C21H23N3O3/c1-13-14(2)24(10-11-27-3)19-9-8-15(12-17(13)19)21(26)23-18-7-5-4-6-16(18)20(22)25/h4-9,12H,10-11H2,1-3H3,(H2,22,25)(H,23,26). The van der Waals surface area contributed by atoms with Gasteiger partial charge in [0.1, 0.15) is 0 Å². The first-order valence-electron chi connectivity index (χ1n) is 8.72. The van der Waals surface area contributed by atoms with E-state index in [2.05, 4.69) is 16.8 Å². The van der Waals surface area contributed by atoms with Crippen LogP contribution in [0.2, 0.25) is 0 Å². The summed E-state index contributed by atoms with van der Waals surface area (Å²) in [5, 5.41) is 3.81. The minimum absolute atomic E-state index is 0.282. The molecule has 0 aliphatic rings. The van der Waals surface area contributed by atoms with E-state index in [0.717, 1.165) is 28.7 Å². The number of carbonyl (C=O) groups is 2. The van der Waals surface area contributed by atoms with Gasteiger partial charge in [0.15, 0.2) is 0 Å². The van der Waals surface area contributed by atoms with Gasteiger partial charge in [0.25, 0.3) is 11.8 Å². The van der Waals surface area contributed by atoms with Crippen LogP contribution in [0.1, 0.15) is 32.0 Å². The largest absolute Gasteiger partial charge is 0.383 e. The lowest BCUT2D eigenvalue weighted by Crippen LogP contribution is -2.18. The molecule has 3 aromatic rings. The molecule has 0 aliphatic carbocycles. The fourth-order valence-electron chi connectivity index (χ4n) is 3.26. The number of nitrogens with one attached hydrogen (secondary N) is 1. The summed E-state index contributed by atoms with van der Waals surface area (Å²) in [6, 6.07) is 12.3. The Balaban J connectivity index is 1.95. The molecule has 3 N–H and O–H groups in total. The molecular weight excluding hydrogens is 342 g/mol. The predicted molar refractivity (Wildman–Crippen MR) is 106 cm³/mol. The Morgan fingerprint density at radius 2 is 1.89 bits per heavy atom. The number of ether oxygens (including phenoxy) is 1. The van der Waals surface area contributed by atoms with E-state index in [1.807, 2.05) is 19.1 Å². The molecule has 0 bridgehead atoms. The zero-order valence-corrected chi connectivity index (χ0v) is 15.7. The quantitative estimate of drug-likeness (QED) is 0.703. The second-order valence-electron chi connectivity index (χ2n) is 6.45. The molecule has 0 fully saturated rings. The molecule has 140 valence electrons. The Morgan fingerprint density at radius 1 is 1.15 bits per heavy atom. The molecule has 1 heterocycles. The number of anilines is 1. The smallest absolute Gasteiger partial charge is 0.255 e. The summed E-state index contributed by atoms with van der Waals surface area (Å²) in [5.74, 6) is -0.865. The highest BCUT2D eigenvalue weighted by Crippen LogP contribution is 2.27. The molecular formula is C21H23N3O3. The average Bonchev–Trinajstić information content (AvgIpc) is 2.90. The molecule has 0 aliphatic heterocycles. The number of hydrogen-bond acceptors (Lipinski definition) is 3. The van der Waals surface area contributed by atoms with Crippen molar-refractivity contribution in [1.82, 2.24) is 4.57 Å². The molecule has 6 nitrogen and oxygen atoms in total. The molecule has 0 saturated carbocycles. The highest BCUT2D eigenvalue weighted by Gasteiger charge is 2.15. The Morgan fingerprint density at radius 3 is 2.59 bits per heavy atom. The van der Waals surface area contributed by atoms with E-state index < -0.39 is 5.91 Å². The normalized spacial score (nSPS) is 10.9. The SMILES string of the molecule is COCCn1c(C)c(C)c2cc(C(=O)Nc3ccccc3C(N)=O)ccc21. The maximum atomic E-state index is 12.7. The number of hydrogen-bond donors (Lipinski definition) is 2. The Labute approximate surface area is 157 Å². The minimum atomic E-state index is -0.581. The van der Waals surface area contributed by atoms with E-state index in [0.29, 0.717) is 17.9 Å². The number of nitrogens with two attached hydrogens (primary N) is 1. The summed E-state index contributed by atoms with van der Waals surface area (Å²) >= 11 is 0. The van der Waals surface area contributed by atoms with E-state index >= 15 is 0 Å². The van der Waals surface area contributed by atoms with Gasteiger partial charge in [-0.2, -0.15) is 0 Å². The van der Waals surface area contributed by atoms with Crippen molar-refractivity contribution >= 4 is 28.4 Å². The Hall–Kier alpha value is -3.12. The third kappa shape index (κ3) is 3.57. The molecule has 27 heavy (non-hydrogen) atoms. The zero-order chi connectivity index (χ0) is 19.6. The van der Waals surface area contributed by atoms with Crippen LogP contribution < -0.4 is 11.1 Å². The molecule has 1 aromatic heterocycles. The van der Waals surface area contributed by atoms with Crippen molar-refractivity contribution in [3.05, 3.63) is 64.8 Å². The zero-order valence-electron chi connectivity index (χ0n) is 15.7. The van der Waals surface area contributed by atoms with Crippen LogP contribution >= 0.6 is 0 Å². The fourth-order valence-corrected chi connectivity index (χ4v) is 3.26. The summed E-state index contributed by atoms with van der Waals surface area (Å²) in [5.41, 5.74) is 9.94. The van der Waals surface area contributed by atoms with E-state index in [9.17, 15) is 9.59 Å². The van der Waals surface area contributed by atoms with Crippen LogP contribution in [0.5, 0.6) is 0 Å². The fraction of sp³-hybridized carbons (Fsp3) is 0.238. The molecule has 3 rings (SSSR count). The second kappa shape index (κ2) is 7.63. The number of amides is 2. The van der Waals surface area contributed by atoms with Gasteiger partial charge < -0.3 is 20.4 Å². The molecule has 0 spiro atoms. The predicted octanol–water partition coefficient (Wildman–Crippen LogP) is 3.26. The molecule has 2 amide bonds. The number of methoxy groups -OCH3 is 1. The first-order valence-corrected chi connectivity index (χ1v) is 8.72. The van der Waals surface area contributed by atoms with Crippen LogP contribution in [-0.4, -0.2) is 30.1 Å². The number of primary amides is 1. The van der Waals surface area contributed by atoms with Crippen LogP contribution in [0.25, 0.3) is 10.9 Å². The summed E-state index contributed by atoms with van der Waals surface area (Å²) in [4.78, 5) is 24.3. The lowest BCUT2D eigenvalue weighted by molar-refractivity contribution is 0.100. The Kier molecular flexibility index (Phi) is 5.28. The monoisotopic (exact) mass is 365 g/mol. The van der Waals surface area contributed by atoms with Crippen molar-refractivity contribution in [3.8, 4) is 0 Å². The molecule has 2 aromatic carbocycles. The first-order chi connectivity index (χ1) is 12.9. The molecule has 0 saturated heterocycles. The van der Waals surface area contributed by atoms with Crippen LogP contribution in [-0.2, 0) is 11.3 Å². The minimum Gasteiger partial charge on any atom is -0.383 e. The summed E-state index contributed by atoms with van der Waals surface area (Å²) < 4.78 is 7.39. The third-order valence-electron chi connectivity index (χ3n) is 4.86. The summed E-state index contributed by atoms with van der Waals surface area (Å²) in [6.45, 7) is 5.49. The highest BCUT2D eigenvalue weighted by molar-refractivity contribution is 6.10. The number of carbonyl (C=O) groups excluding carboxylic acids is 2. The summed E-state index contributed by atoms with van der Waals surface area (Å²) in [7, 11) is 1.68. The van der Waals surface area contributed by atoms with Gasteiger partial charge >= 0.3 is 0 Å². The van der Waals surface area contributed by atoms with Gasteiger partial charge in [-0.15, -0.1) is 0 Å². The van der Waals surface area contributed by atoms with Gasteiger partial charge in [0, 0.05) is 35.8 Å². The van der Waals surface area contributed by atoms with E-state index in [-0.39, 0.29) is 11.5 Å². The van der Waals surface area contributed by atoms with Crippen molar-refractivity contribution in [1.29, 1.82) is 0 Å². The average molecular weight is 365 g/mol. The van der Waals surface area contributed by atoms with Gasteiger partial charge in [-0.05, 0) is 49.7 Å². The lowest BCUT2D eigenvalue weighted by Gasteiger charge is -2.10. The van der Waals surface area contributed by atoms with E-state index in [1.54, 1.807) is 37.4 Å². The van der Waals surface area contributed by atoms with Crippen molar-refractivity contribution in [3.63, 3.8) is 0 Å². The topological polar surface area (TPSA) is 86.3 Å². The van der Waals surface area contributed by atoms with Gasteiger partial charge in [-0.3, -0.25) is 9.59 Å².